The Morgan fingerprint density at radius 1 is 1.35 bits per heavy atom. The number of hydrogen-bond acceptors (Lipinski definition) is 6. The Balaban J connectivity index is 2.35. The number of nitrogens with one attached hydrogen (secondary N) is 2. The van der Waals surface area contributed by atoms with E-state index in [4.69, 9.17) is 25.8 Å². The van der Waals surface area contributed by atoms with E-state index in [1.165, 1.54) is 19.2 Å². The number of aromatic hydroxyl groups is 1. The van der Waals surface area contributed by atoms with Crippen LogP contribution in [0, 0.1) is 0 Å². The smallest absolute Gasteiger partial charge is 0.338 e. The molecule has 1 atom stereocenters. The molecule has 0 saturated carbocycles. The molecule has 0 radical (unpaired) electrons. The van der Waals surface area contributed by atoms with Crippen LogP contribution in [0.3, 0.4) is 0 Å². The number of methoxy groups -OCH3 is 1. The zero-order valence-electron chi connectivity index (χ0n) is 14.7. The Morgan fingerprint density at radius 2 is 2.08 bits per heavy atom. The van der Waals surface area contributed by atoms with E-state index >= 15 is 0 Å². The van der Waals surface area contributed by atoms with E-state index in [-0.39, 0.29) is 35.3 Å². The van der Waals surface area contributed by atoms with Crippen LogP contribution in [-0.4, -0.2) is 44.0 Å². The van der Waals surface area contributed by atoms with Crippen molar-refractivity contribution in [2.75, 3.05) is 26.9 Å². The van der Waals surface area contributed by atoms with Crippen molar-refractivity contribution in [3.05, 3.63) is 34.0 Å². The topological polar surface area (TPSA) is 106 Å². The van der Waals surface area contributed by atoms with E-state index in [2.05, 4.69) is 10.6 Å². The van der Waals surface area contributed by atoms with Gasteiger partial charge in [0.1, 0.15) is 6.61 Å². The zero-order valence-corrected chi connectivity index (χ0v) is 15.5. The van der Waals surface area contributed by atoms with Gasteiger partial charge in [-0.15, -0.1) is 0 Å². The number of hydrogen-bond donors (Lipinski definition) is 3. The lowest BCUT2D eigenvalue weighted by Crippen LogP contribution is -2.45. The number of ether oxygens (including phenoxy) is 3. The van der Waals surface area contributed by atoms with E-state index in [1.807, 2.05) is 6.92 Å². The predicted octanol–water partition coefficient (Wildman–Crippen LogP) is 2.26. The Kier molecular flexibility index (Phi) is 6.70. The highest BCUT2D eigenvalue weighted by Crippen LogP contribution is 2.39. The monoisotopic (exact) mass is 384 g/mol. The second kappa shape index (κ2) is 8.77. The molecule has 0 spiro atoms. The maximum Gasteiger partial charge on any atom is 0.338 e. The van der Waals surface area contributed by atoms with E-state index in [0.717, 1.165) is 0 Å². The van der Waals surface area contributed by atoms with Gasteiger partial charge in [-0.2, -0.15) is 0 Å². The summed E-state index contributed by atoms with van der Waals surface area (Å²) in [6.45, 7) is 4.32. The highest BCUT2D eigenvalue weighted by atomic mass is 35.5. The molecule has 8 nitrogen and oxygen atoms in total. The first-order valence-electron chi connectivity index (χ1n) is 7.98. The highest BCUT2D eigenvalue weighted by molar-refractivity contribution is 6.32. The van der Waals surface area contributed by atoms with Crippen molar-refractivity contribution in [1.29, 1.82) is 0 Å². The molecule has 1 aromatic rings. The van der Waals surface area contributed by atoms with Crippen LogP contribution < -0.4 is 15.4 Å². The Morgan fingerprint density at radius 3 is 2.73 bits per heavy atom. The summed E-state index contributed by atoms with van der Waals surface area (Å²) in [5.74, 6) is -0.690. The number of esters is 1. The molecule has 1 aromatic carbocycles. The minimum Gasteiger partial charge on any atom is -0.503 e. The summed E-state index contributed by atoms with van der Waals surface area (Å²) in [5, 5.41) is 15.1. The molecule has 0 aliphatic carbocycles. The summed E-state index contributed by atoms with van der Waals surface area (Å²) in [5.41, 5.74) is 1.06. The summed E-state index contributed by atoms with van der Waals surface area (Å²) in [4.78, 5) is 24.4. The van der Waals surface area contributed by atoms with E-state index in [9.17, 15) is 14.7 Å². The molecule has 3 N–H and O–H groups in total. The Hall–Kier alpha value is -2.45. The van der Waals surface area contributed by atoms with Crippen molar-refractivity contribution in [1.82, 2.24) is 10.6 Å². The number of urea groups is 1. The van der Waals surface area contributed by atoms with Crippen molar-refractivity contribution in [3.8, 4) is 11.5 Å². The van der Waals surface area contributed by atoms with Crippen LogP contribution in [0.1, 0.15) is 25.5 Å². The highest BCUT2D eigenvalue weighted by Gasteiger charge is 2.33. The van der Waals surface area contributed by atoms with E-state index < -0.39 is 18.0 Å². The fourth-order valence-corrected chi connectivity index (χ4v) is 2.76. The standard InChI is InChI=1S/C17H21ClN2O6/c1-4-25-5-6-26-16(22)13-9(2)19-17(23)20-14(13)10-7-11(18)15(21)12(8-10)24-3/h7-8,14,21H,4-6H2,1-3H3,(H2,19,20,23)/t14-/m1/s1. The molecule has 0 unspecified atom stereocenters. The third kappa shape index (κ3) is 4.39. The molecule has 1 aliphatic rings. The number of phenolic OH excluding ortho intramolecular Hbond substituents is 1. The number of rotatable bonds is 7. The molecule has 1 aliphatic heterocycles. The molecule has 1 heterocycles. The van der Waals surface area contributed by atoms with Crippen LogP contribution in [0.4, 0.5) is 4.79 Å². The second-order valence-corrected chi connectivity index (χ2v) is 5.86. The van der Waals surface area contributed by atoms with Crippen molar-refractivity contribution in [2.45, 2.75) is 19.9 Å². The van der Waals surface area contributed by atoms with Crippen LogP contribution in [-0.2, 0) is 14.3 Å². The quantitative estimate of drug-likeness (QED) is 0.492. The van der Waals surface area contributed by atoms with Crippen molar-refractivity contribution >= 4 is 23.6 Å². The summed E-state index contributed by atoms with van der Waals surface area (Å²) in [7, 11) is 1.38. The molecule has 142 valence electrons. The van der Waals surface area contributed by atoms with Crippen LogP contribution in [0.5, 0.6) is 11.5 Å². The van der Waals surface area contributed by atoms with Crippen molar-refractivity contribution in [3.63, 3.8) is 0 Å². The van der Waals surface area contributed by atoms with Gasteiger partial charge in [-0.05, 0) is 31.5 Å². The fourth-order valence-electron chi connectivity index (χ4n) is 2.55. The lowest BCUT2D eigenvalue weighted by atomic mass is 9.95. The summed E-state index contributed by atoms with van der Waals surface area (Å²) in [6.07, 6.45) is 0. The molecule has 0 bridgehead atoms. The molecular formula is C17H21ClN2O6. The van der Waals surface area contributed by atoms with Crippen LogP contribution in [0.25, 0.3) is 0 Å². The average molecular weight is 385 g/mol. The number of allylic oxidation sites excluding steroid dienone is 1. The van der Waals surface area contributed by atoms with Gasteiger partial charge < -0.3 is 30.0 Å². The maximum absolute atomic E-state index is 12.5. The third-order valence-corrected chi connectivity index (χ3v) is 4.05. The first kappa shape index (κ1) is 19.9. The van der Waals surface area contributed by atoms with Crippen molar-refractivity contribution < 1.29 is 28.9 Å². The third-order valence-electron chi connectivity index (χ3n) is 3.76. The lowest BCUT2D eigenvalue weighted by Gasteiger charge is -2.28. The summed E-state index contributed by atoms with van der Waals surface area (Å²) in [6, 6.07) is 1.67. The van der Waals surface area contributed by atoms with Gasteiger partial charge in [0.15, 0.2) is 11.5 Å². The molecule has 0 fully saturated rings. The molecule has 0 saturated heterocycles. The molecule has 2 amide bonds. The van der Waals surface area contributed by atoms with E-state index in [1.54, 1.807) is 6.92 Å². The number of carbonyl (C=O) groups is 2. The molecular weight excluding hydrogens is 364 g/mol. The maximum atomic E-state index is 12.5. The summed E-state index contributed by atoms with van der Waals surface area (Å²) >= 11 is 6.03. The minimum absolute atomic E-state index is 0.0360. The van der Waals surface area contributed by atoms with Crippen LogP contribution in [0.15, 0.2) is 23.4 Å². The minimum atomic E-state index is -0.810. The number of amides is 2. The second-order valence-electron chi connectivity index (χ2n) is 5.46. The molecule has 2 rings (SSSR count). The lowest BCUT2D eigenvalue weighted by molar-refractivity contribution is -0.141. The largest absolute Gasteiger partial charge is 0.503 e. The van der Waals surface area contributed by atoms with Crippen LogP contribution in [0.2, 0.25) is 5.02 Å². The summed E-state index contributed by atoms with van der Waals surface area (Å²) < 4.78 is 15.5. The van der Waals surface area contributed by atoms with Gasteiger partial charge in [0.05, 0.1) is 30.4 Å². The number of phenols is 1. The number of benzene rings is 1. The van der Waals surface area contributed by atoms with Crippen molar-refractivity contribution in [2.24, 2.45) is 0 Å². The van der Waals surface area contributed by atoms with Gasteiger partial charge in [-0.1, -0.05) is 11.6 Å². The van der Waals surface area contributed by atoms with Gasteiger partial charge in [0.2, 0.25) is 0 Å². The van der Waals surface area contributed by atoms with Gasteiger partial charge in [0.25, 0.3) is 0 Å². The normalized spacial score (nSPS) is 16.8. The molecule has 26 heavy (non-hydrogen) atoms. The first-order valence-corrected chi connectivity index (χ1v) is 8.36. The van der Waals surface area contributed by atoms with E-state index in [0.29, 0.717) is 17.9 Å². The SMILES string of the molecule is CCOCCOC(=O)C1=C(C)NC(=O)N[C@@H]1c1cc(Cl)c(O)c(OC)c1. The predicted molar refractivity (Wildman–Crippen MR) is 94.2 cm³/mol. The first-order chi connectivity index (χ1) is 12.4. The Labute approximate surface area is 156 Å². The zero-order chi connectivity index (χ0) is 19.3. The molecule has 9 heteroatoms. The Bertz CT molecular complexity index is 734. The number of halogens is 1. The fraction of sp³-hybridized carbons (Fsp3) is 0.412. The van der Waals surface area contributed by atoms with Gasteiger partial charge in [-0.25, -0.2) is 9.59 Å². The molecule has 0 aromatic heterocycles. The number of carbonyl (C=O) groups excluding carboxylic acids is 2. The van der Waals surface area contributed by atoms with Gasteiger partial charge in [0, 0.05) is 12.3 Å². The van der Waals surface area contributed by atoms with Gasteiger partial charge in [-0.3, -0.25) is 0 Å². The van der Waals surface area contributed by atoms with Crippen LogP contribution >= 0.6 is 11.6 Å². The average Bonchev–Trinajstić information content (AvgIpc) is 2.60. The van der Waals surface area contributed by atoms with Gasteiger partial charge >= 0.3 is 12.0 Å².